The molecule has 4 heterocycles. The molecule has 164 valence electrons. The summed E-state index contributed by atoms with van der Waals surface area (Å²) in [7, 11) is 1.98. The number of aryl methyl sites for hydroxylation is 1. The summed E-state index contributed by atoms with van der Waals surface area (Å²) >= 11 is 1.75. The van der Waals surface area contributed by atoms with Crippen LogP contribution in [0.3, 0.4) is 0 Å². The van der Waals surface area contributed by atoms with Crippen molar-refractivity contribution in [3.63, 3.8) is 0 Å². The number of piperidine rings is 1. The van der Waals surface area contributed by atoms with Crippen molar-refractivity contribution in [1.29, 1.82) is 0 Å². The van der Waals surface area contributed by atoms with Gasteiger partial charge in [0.1, 0.15) is 12.4 Å². The van der Waals surface area contributed by atoms with Crippen LogP contribution in [-0.2, 0) is 26.7 Å². The highest BCUT2D eigenvalue weighted by Crippen LogP contribution is 2.13. The van der Waals surface area contributed by atoms with E-state index in [-0.39, 0.29) is 0 Å². The van der Waals surface area contributed by atoms with Crippen LogP contribution in [0.25, 0.3) is 0 Å². The fourth-order valence-electron chi connectivity index (χ4n) is 3.62. The summed E-state index contributed by atoms with van der Waals surface area (Å²) in [5.74, 6) is 2.59. The number of nitrogens with zero attached hydrogens (tertiary/aromatic N) is 6. The SMILES string of the molecule is Cc1nnc(CN=C(NCc2cccs2)NC2CCN(Cc3ccccn3)CC2)n1C. The van der Waals surface area contributed by atoms with E-state index in [0.717, 1.165) is 62.3 Å². The van der Waals surface area contributed by atoms with E-state index < -0.39 is 0 Å². The number of rotatable bonds is 7. The zero-order valence-corrected chi connectivity index (χ0v) is 19.0. The highest BCUT2D eigenvalue weighted by Gasteiger charge is 2.20. The molecule has 1 saturated heterocycles. The van der Waals surface area contributed by atoms with Crippen LogP contribution in [0.15, 0.2) is 46.9 Å². The molecule has 0 radical (unpaired) electrons. The lowest BCUT2D eigenvalue weighted by molar-refractivity contribution is 0.196. The van der Waals surface area contributed by atoms with Gasteiger partial charge in [-0.3, -0.25) is 9.88 Å². The molecule has 0 amide bonds. The minimum atomic E-state index is 0.399. The maximum absolute atomic E-state index is 4.80. The number of aliphatic imine (C=N–C) groups is 1. The molecule has 1 aliphatic rings. The summed E-state index contributed by atoms with van der Waals surface area (Å²) in [5, 5.41) is 17.6. The summed E-state index contributed by atoms with van der Waals surface area (Å²) in [4.78, 5) is 13.0. The summed E-state index contributed by atoms with van der Waals surface area (Å²) in [6, 6.07) is 10.7. The van der Waals surface area contributed by atoms with Crippen molar-refractivity contribution in [2.75, 3.05) is 13.1 Å². The van der Waals surface area contributed by atoms with Crippen LogP contribution in [-0.4, -0.2) is 49.7 Å². The van der Waals surface area contributed by atoms with Gasteiger partial charge in [0.2, 0.25) is 0 Å². The van der Waals surface area contributed by atoms with E-state index >= 15 is 0 Å². The molecule has 0 bridgehead atoms. The third kappa shape index (κ3) is 6.11. The Morgan fingerprint density at radius 1 is 1.19 bits per heavy atom. The largest absolute Gasteiger partial charge is 0.354 e. The Balaban J connectivity index is 1.34. The van der Waals surface area contributed by atoms with E-state index in [1.165, 1.54) is 4.88 Å². The van der Waals surface area contributed by atoms with E-state index in [1.54, 1.807) is 11.3 Å². The molecule has 31 heavy (non-hydrogen) atoms. The number of likely N-dealkylation sites (tertiary alicyclic amines) is 1. The van der Waals surface area contributed by atoms with Crippen LogP contribution in [0, 0.1) is 6.92 Å². The van der Waals surface area contributed by atoms with Crippen molar-refractivity contribution >= 4 is 17.3 Å². The average Bonchev–Trinajstić information content (AvgIpc) is 3.43. The molecule has 3 aromatic heterocycles. The standard InChI is InChI=1S/C22H30N8S/c1-17-27-28-21(29(17)2)15-25-22(24-14-20-7-5-13-31-20)26-18-8-11-30(12-9-18)16-19-6-3-4-10-23-19/h3-7,10,13,18H,8-9,11-12,14-16H2,1-2H3,(H2,24,25,26). The van der Waals surface area contributed by atoms with Crippen molar-refractivity contribution in [2.24, 2.45) is 12.0 Å². The Morgan fingerprint density at radius 2 is 2.06 bits per heavy atom. The van der Waals surface area contributed by atoms with Crippen molar-refractivity contribution in [2.45, 2.75) is 45.4 Å². The molecule has 0 aliphatic carbocycles. The van der Waals surface area contributed by atoms with Gasteiger partial charge in [0.15, 0.2) is 11.8 Å². The lowest BCUT2D eigenvalue weighted by Crippen LogP contribution is -2.48. The van der Waals surface area contributed by atoms with Crippen LogP contribution in [0.1, 0.15) is 35.1 Å². The van der Waals surface area contributed by atoms with E-state index in [0.29, 0.717) is 12.6 Å². The first-order chi connectivity index (χ1) is 15.2. The first-order valence-electron chi connectivity index (χ1n) is 10.7. The van der Waals surface area contributed by atoms with Gasteiger partial charge in [0, 0.05) is 43.8 Å². The predicted molar refractivity (Wildman–Crippen MR) is 124 cm³/mol. The zero-order valence-electron chi connectivity index (χ0n) is 18.2. The predicted octanol–water partition coefficient (Wildman–Crippen LogP) is 2.48. The van der Waals surface area contributed by atoms with Gasteiger partial charge in [0.05, 0.1) is 12.2 Å². The molecule has 9 heteroatoms. The Morgan fingerprint density at radius 3 is 2.74 bits per heavy atom. The van der Waals surface area contributed by atoms with Gasteiger partial charge in [-0.25, -0.2) is 4.99 Å². The Kier molecular flexibility index (Phi) is 7.26. The molecule has 8 nitrogen and oxygen atoms in total. The highest BCUT2D eigenvalue weighted by atomic mass is 32.1. The van der Waals surface area contributed by atoms with Crippen LogP contribution in [0.4, 0.5) is 0 Å². The third-order valence-electron chi connectivity index (χ3n) is 5.61. The third-order valence-corrected chi connectivity index (χ3v) is 6.49. The molecule has 1 fully saturated rings. The fraction of sp³-hybridized carbons (Fsp3) is 0.455. The van der Waals surface area contributed by atoms with Crippen molar-refractivity contribution < 1.29 is 0 Å². The molecular weight excluding hydrogens is 408 g/mol. The Bertz CT molecular complexity index is 959. The van der Waals surface area contributed by atoms with Gasteiger partial charge < -0.3 is 15.2 Å². The summed E-state index contributed by atoms with van der Waals surface area (Å²) in [6.07, 6.45) is 4.02. The van der Waals surface area contributed by atoms with Gasteiger partial charge in [-0.1, -0.05) is 12.1 Å². The molecule has 0 saturated carbocycles. The van der Waals surface area contributed by atoms with Crippen molar-refractivity contribution in [3.8, 4) is 0 Å². The molecule has 0 aromatic carbocycles. The second kappa shape index (κ2) is 10.5. The highest BCUT2D eigenvalue weighted by molar-refractivity contribution is 7.09. The van der Waals surface area contributed by atoms with E-state index in [4.69, 9.17) is 4.99 Å². The Labute approximate surface area is 187 Å². The number of hydrogen-bond donors (Lipinski definition) is 2. The smallest absolute Gasteiger partial charge is 0.192 e. The fourth-order valence-corrected chi connectivity index (χ4v) is 4.27. The topological polar surface area (TPSA) is 83.3 Å². The molecular formula is C22H30N8S. The van der Waals surface area contributed by atoms with Crippen molar-refractivity contribution in [1.82, 2.24) is 35.3 Å². The lowest BCUT2D eigenvalue weighted by Gasteiger charge is -2.32. The van der Waals surface area contributed by atoms with Gasteiger partial charge in [-0.15, -0.1) is 21.5 Å². The molecule has 2 N–H and O–H groups in total. The quantitative estimate of drug-likeness (QED) is 0.436. The Hall–Kier alpha value is -2.78. The number of pyridine rings is 1. The zero-order chi connectivity index (χ0) is 21.5. The van der Waals surface area contributed by atoms with Crippen molar-refractivity contribution in [3.05, 3.63) is 64.1 Å². The molecule has 0 atom stereocenters. The van der Waals surface area contributed by atoms with Gasteiger partial charge in [0.25, 0.3) is 0 Å². The number of aromatic nitrogens is 4. The van der Waals surface area contributed by atoms with Crippen LogP contribution in [0.2, 0.25) is 0 Å². The number of guanidine groups is 1. The second-order valence-electron chi connectivity index (χ2n) is 7.84. The van der Waals surface area contributed by atoms with E-state index in [1.807, 2.05) is 30.8 Å². The summed E-state index contributed by atoms with van der Waals surface area (Å²) < 4.78 is 1.98. The minimum Gasteiger partial charge on any atom is -0.354 e. The molecule has 4 rings (SSSR count). The summed E-state index contributed by atoms with van der Waals surface area (Å²) in [6.45, 7) is 6.23. The first kappa shape index (κ1) is 21.5. The maximum atomic E-state index is 4.80. The molecule has 1 aliphatic heterocycles. The van der Waals surface area contributed by atoms with Gasteiger partial charge in [-0.2, -0.15) is 0 Å². The van der Waals surface area contributed by atoms with Crippen LogP contribution < -0.4 is 10.6 Å². The van der Waals surface area contributed by atoms with Crippen LogP contribution in [0.5, 0.6) is 0 Å². The normalized spacial score (nSPS) is 15.9. The number of nitrogens with one attached hydrogen (secondary N) is 2. The second-order valence-corrected chi connectivity index (χ2v) is 8.87. The lowest BCUT2D eigenvalue weighted by atomic mass is 10.0. The molecule has 0 spiro atoms. The number of hydrogen-bond acceptors (Lipinski definition) is 6. The first-order valence-corrected chi connectivity index (χ1v) is 11.6. The molecule has 0 unspecified atom stereocenters. The summed E-state index contributed by atoms with van der Waals surface area (Å²) in [5.41, 5.74) is 1.13. The number of thiophene rings is 1. The van der Waals surface area contributed by atoms with E-state index in [9.17, 15) is 0 Å². The van der Waals surface area contributed by atoms with Crippen LogP contribution >= 0.6 is 11.3 Å². The minimum absolute atomic E-state index is 0.399. The molecule has 3 aromatic rings. The van der Waals surface area contributed by atoms with Gasteiger partial charge >= 0.3 is 0 Å². The van der Waals surface area contributed by atoms with E-state index in [2.05, 4.69) is 60.4 Å². The maximum Gasteiger partial charge on any atom is 0.192 e. The van der Waals surface area contributed by atoms with Gasteiger partial charge in [-0.05, 0) is 43.3 Å². The average molecular weight is 439 g/mol. The monoisotopic (exact) mass is 438 g/mol.